The maximum absolute atomic E-state index is 10.7. The molecule has 0 atom stereocenters. The topological polar surface area (TPSA) is 37.3 Å². The van der Waals surface area contributed by atoms with Crippen molar-refractivity contribution in [1.82, 2.24) is 0 Å². The molecule has 0 amide bonds. The Hall–Kier alpha value is -0.573. The van der Waals surface area contributed by atoms with Crippen LogP contribution in [0.15, 0.2) is 11.3 Å². The van der Waals surface area contributed by atoms with Crippen LogP contribution in [-0.2, 0) is 4.79 Å². The number of allylic oxidation sites excluding steroid dienone is 1. The molecule has 0 heterocycles. The Balaban J connectivity index is 4.63. The van der Waals surface area contributed by atoms with Gasteiger partial charge in [0.2, 0.25) is 0 Å². The van der Waals surface area contributed by atoms with Crippen LogP contribution < -0.4 is 0 Å². The fourth-order valence-corrected chi connectivity index (χ4v) is 2.38. The summed E-state index contributed by atoms with van der Waals surface area (Å²) in [7, 11) is -1.61. The normalized spacial score (nSPS) is 13.3. The first-order valence-corrected chi connectivity index (χ1v) is 7.33. The molecule has 0 aliphatic carbocycles. The lowest BCUT2D eigenvalue weighted by molar-refractivity contribution is -0.132. The monoisotopic (exact) mass is 172 g/mol. The lowest BCUT2D eigenvalue weighted by Gasteiger charge is -2.16. The third-order valence-corrected chi connectivity index (χ3v) is 3.48. The van der Waals surface area contributed by atoms with E-state index in [4.69, 9.17) is 5.11 Å². The van der Waals surface area contributed by atoms with E-state index in [0.717, 1.165) is 6.42 Å². The van der Waals surface area contributed by atoms with E-state index in [9.17, 15) is 4.79 Å². The molecule has 0 unspecified atom stereocenters. The Morgan fingerprint density at radius 1 is 1.45 bits per heavy atom. The lowest BCUT2D eigenvalue weighted by atomic mass is 10.4. The van der Waals surface area contributed by atoms with Crippen LogP contribution in [0.25, 0.3) is 0 Å². The molecule has 64 valence electrons. The van der Waals surface area contributed by atoms with Crippen molar-refractivity contribution >= 4 is 14.0 Å². The number of hydrogen-bond acceptors (Lipinski definition) is 1. The maximum Gasteiger partial charge on any atom is 0.327 e. The van der Waals surface area contributed by atoms with E-state index in [1.165, 1.54) is 0 Å². The molecule has 0 aromatic rings. The van der Waals surface area contributed by atoms with Crippen LogP contribution in [0.5, 0.6) is 0 Å². The van der Waals surface area contributed by atoms with Gasteiger partial charge in [0.1, 0.15) is 0 Å². The maximum atomic E-state index is 10.7. The number of rotatable bonds is 3. The van der Waals surface area contributed by atoms with Crippen LogP contribution in [0, 0.1) is 0 Å². The van der Waals surface area contributed by atoms with E-state index in [1.54, 1.807) is 0 Å². The minimum atomic E-state index is -1.61. The molecule has 3 heteroatoms. The van der Waals surface area contributed by atoms with Crippen molar-refractivity contribution in [1.29, 1.82) is 0 Å². The Kier molecular flexibility index (Phi) is 3.52. The lowest BCUT2D eigenvalue weighted by Crippen LogP contribution is -2.29. The molecule has 1 N–H and O–H groups in total. The Morgan fingerprint density at radius 3 is 2.00 bits per heavy atom. The summed E-state index contributed by atoms with van der Waals surface area (Å²) in [5.41, 5.74) is 0. The quantitative estimate of drug-likeness (QED) is 0.524. The first kappa shape index (κ1) is 10.4. The molecule has 0 aromatic carbocycles. The van der Waals surface area contributed by atoms with Crippen molar-refractivity contribution < 1.29 is 9.90 Å². The van der Waals surface area contributed by atoms with Gasteiger partial charge in [-0.15, -0.1) is 0 Å². The van der Waals surface area contributed by atoms with Crippen LogP contribution in [0.4, 0.5) is 0 Å². The molecule has 11 heavy (non-hydrogen) atoms. The zero-order valence-electron chi connectivity index (χ0n) is 7.64. The molecule has 0 fully saturated rings. The van der Waals surface area contributed by atoms with E-state index >= 15 is 0 Å². The van der Waals surface area contributed by atoms with Gasteiger partial charge in [0.25, 0.3) is 0 Å². The molecule has 0 radical (unpaired) electrons. The van der Waals surface area contributed by atoms with Crippen molar-refractivity contribution in [2.24, 2.45) is 0 Å². The van der Waals surface area contributed by atoms with Crippen LogP contribution in [0.1, 0.15) is 13.3 Å². The molecule has 0 saturated heterocycles. The first-order chi connectivity index (χ1) is 4.89. The fraction of sp³-hybridized carbons (Fsp3) is 0.625. The first-order valence-electron chi connectivity index (χ1n) is 3.83. The number of hydrogen-bond donors (Lipinski definition) is 1. The third kappa shape index (κ3) is 3.37. The molecule has 0 aliphatic heterocycles. The minimum Gasteiger partial charge on any atom is -0.478 e. The molecule has 0 aromatic heterocycles. The number of carboxylic acids is 1. The second-order valence-corrected chi connectivity index (χ2v) is 8.62. The predicted octanol–water partition coefficient (Wildman–Crippen LogP) is 2.28. The summed E-state index contributed by atoms with van der Waals surface area (Å²) in [5, 5.41) is 9.45. The second-order valence-electron chi connectivity index (χ2n) is 3.58. The van der Waals surface area contributed by atoms with Crippen molar-refractivity contribution in [3.05, 3.63) is 11.3 Å². The van der Waals surface area contributed by atoms with Crippen molar-refractivity contribution in [2.75, 3.05) is 0 Å². The largest absolute Gasteiger partial charge is 0.478 e. The average molecular weight is 172 g/mol. The molecule has 0 rings (SSSR count). The molecular formula is C8H16O2Si. The van der Waals surface area contributed by atoms with Crippen molar-refractivity contribution in [3.8, 4) is 0 Å². The summed E-state index contributed by atoms with van der Waals surface area (Å²) >= 11 is 0. The van der Waals surface area contributed by atoms with Gasteiger partial charge in [-0.3, -0.25) is 0 Å². The SMILES string of the molecule is CC/C=C(\C(=O)O)[Si](C)(C)C. The van der Waals surface area contributed by atoms with Gasteiger partial charge in [-0.25, -0.2) is 4.79 Å². The van der Waals surface area contributed by atoms with Gasteiger partial charge < -0.3 is 5.11 Å². The van der Waals surface area contributed by atoms with Crippen molar-refractivity contribution in [2.45, 2.75) is 33.0 Å². The van der Waals surface area contributed by atoms with E-state index in [0.29, 0.717) is 5.20 Å². The Bertz CT molecular complexity index is 177. The predicted molar refractivity (Wildman–Crippen MR) is 49.4 cm³/mol. The Morgan fingerprint density at radius 2 is 1.91 bits per heavy atom. The Labute approximate surface area is 68.9 Å². The number of carbonyl (C=O) groups is 1. The van der Waals surface area contributed by atoms with Crippen molar-refractivity contribution in [3.63, 3.8) is 0 Å². The molecule has 2 nitrogen and oxygen atoms in total. The van der Waals surface area contributed by atoms with Gasteiger partial charge in [-0.1, -0.05) is 32.6 Å². The standard InChI is InChI=1S/C8H16O2Si/c1-5-6-7(8(9)10)11(2,3)4/h6H,5H2,1-4H3,(H,9,10)/b7-6+. The smallest absolute Gasteiger partial charge is 0.327 e. The zero-order chi connectivity index (χ0) is 9.07. The minimum absolute atomic E-state index is 0.639. The summed E-state index contributed by atoms with van der Waals surface area (Å²) in [6.45, 7) is 8.09. The van der Waals surface area contributed by atoms with Crippen LogP contribution in [0.3, 0.4) is 0 Å². The summed E-state index contributed by atoms with van der Waals surface area (Å²) < 4.78 is 0. The highest BCUT2D eigenvalue weighted by Gasteiger charge is 2.24. The highest BCUT2D eigenvalue weighted by Crippen LogP contribution is 2.14. The van der Waals surface area contributed by atoms with Crippen LogP contribution in [-0.4, -0.2) is 19.1 Å². The van der Waals surface area contributed by atoms with Crippen LogP contribution in [0.2, 0.25) is 19.6 Å². The van der Waals surface area contributed by atoms with Gasteiger partial charge in [0.15, 0.2) is 0 Å². The van der Waals surface area contributed by atoms with Gasteiger partial charge in [0, 0.05) is 5.20 Å². The summed E-state index contributed by atoms with van der Waals surface area (Å²) in [5.74, 6) is -0.744. The van der Waals surface area contributed by atoms with E-state index < -0.39 is 14.0 Å². The van der Waals surface area contributed by atoms with Gasteiger partial charge in [0.05, 0.1) is 8.07 Å². The van der Waals surface area contributed by atoms with Gasteiger partial charge in [-0.05, 0) is 6.42 Å². The summed E-state index contributed by atoms with van der Waals surface area (Å²) in [4.78, 5) is 10.7. The van der Waals surface area contributed by atoms with Gasteiger partial charge in [-0.2, -0.15) is 0 Å². The molecule has 0 aliphatic rings. The highest BCUT2D eigenvalue weighted by molar-refractivity contribution is 6.86. The number of carboxylic acid groups (broad SMARTS) is 1. The van der Waals surface area contributed by atoms with Gasteiger partial charge >= 0.3 is 5.97 Å². The second kappa shape index (κ2) is 3.71. The molecule has 0 bridgehead atoms. The van der Waals surface area contributed by atoms with E-state index in [1.807, 2.05) is 32.6 Å². The average Bonchev–Trinajstić information content (AvgIpc) is 1.79. The zero-order valence-corrected chi connectivity index (χ0v) is 8.64. The summed E-state index contributed by atoms with van der Waals surface area (Å²) in [6.07, 6.45) is 2.64. The fourth-order valence-electron chi connectivity index (χ4n) is 0.918. The highest BCUT2D eigenvalue weighted by atomic mass is 28.3. The third-order valence-electron chi connectivity index (χ3n) is 1.45. The van der Waals surface area contributed by atoms with E-state index in [-0.39, 0.29) is 0 Å². The molecule has 0 spiro atoms. The molecular weight excluding hydrogens is 156 g/mol. The van der Waals surface area contributed by atoms with Crippen LogP contribution >= 0.6 is 0 Å². The summed E-state index contributed by atoms with van der Waals surface area (Å²) in [6, 6.07) is 0. The van der Waals surface area contributed by atoms with E-state index in [2.05, 4.69) is 0 Å². The number of aliphatic carboxylic acids is 1. The molecule has 0 saturated carbocycles.